The molecule has 1 fully saturated rings. The third-order valence-corrected chi connectivity index (χ3v) is 4.25. The molecular formula is C18H20N2O4. The van der Waals surface area contributed by atoms with E-state index >= 15 is 0 Å². The van der Waals surface area contributed by atoms with Gasteiger partial charge in [0.2, 0.25) is 11.8 Å². The molecule has 1 aliphatic rings. The summed E-state index contributed by atoms with van der Waals surface area (Å²) in [5.74, 6) is 0.875. The SMILES string of the molecule is COc1ccccc1CNC(=O)C1(C(=O)NCc2ccco2)CC1. The number of nitrogens with one attached hydrogen (secondary N) is 2. The average Bonchev–Trinajstić information content (AvgIpc) is 3.27. The number of methoxy groups -OCH3 is 1. The van der Waals surface area contributed by atoms with E-state index in [1.165, 1.54) is 0 Å². The van der Waals surface area contributed by atoms with Crippen LogP contribution in [0.5, 0.6) is 5.75 Å². The topological polar surface area (TPSA) is 80.6 Å². The Morgan fingerprint density at radius 3 is 2.42 bits per heavy atom. The van der Waals surface area contributed by atoms with E-state index in [4.69, 9.17) is 9.15 Å². The Hall–Kier alpha value is -2.76. The van der Waals surface area contributed by atoms with E-state index in [2.05, 4.69) is 10.6 Å². The highest BCUT2D eigenvalue weighted by Gasteiger charge is 2.56. The summed E-state index contributed by atoms with van der Waals surface area (Å²) in [5, 5.41) is 5.62. The van der Waals surface area contributed by atoms with Crippen molar-refractivity contribution in [3.63, 3.8) is 0 Å². The highest BCUT2D eigenvalue weighted by Crippen LogP contribution is 2.46. The molecule has 1 aliphatic carbocycles. The van der Waals surface area contributed by atoms with E-state index in [-0.39, 0.29) is 18.4 Å². The van der Waals surface area contributed by atoms with Crippen LogP contribution in [-0.2, 0) is 22.7 Å². The zero-order chi connectivity index (χ0) is 17.0. The molecule has 0 spiro atoms. The van der Waals surface area contributed by atoms with E-state index in [1.807, 2.05) is 24.3 Å². The molecule has 24 heavy (non-hydrogen) atoms. The van der Waals surface area contributed by atoms with E-state index in [9.17, 15) is 9.59 Å². The van der Waals surface area contributed by atoms with Crippen molar-refractivity contribution >= 4 is 11.8 Å². The molecule has 0 saturated heterocycles. The number of rotatable bonds is 7. The van der Waals surface area contributed by atoms with Gasteiger partial charge in [-0.3, -0.25) is 9.59 Å². The minimum absolute atomic E-state index is 0.245. The molecule has 0 atom stereocenters. The largest absolute Gasteiger partial charge is 0.496 e. The van der Waals surface area contributed by atoms with Crippen molar-refractivity contribution in [2.75, 3.05) is 7.11 Å². The fourth-order valence-electron chi connectivity index (χ4n) is 2.63. The van der Waals surface area contributed by atoms with Gasteiger partial charge in [-0.1, -0.05) is 18.2 Å². The van der Waals surface area contributed by atoms with Gasteiger partial charge in [-0.25, -0.2) is 0 Å². The van der Waals surface area contributed by atoms with Crippen LogP contribution in [0.3, 0.4) is 0 Å². The third kappa shape index (κ3) is 3.27. The summed E-state index contributed by atoms with van der Waals surface area (Å²) in [7, 11) is 1.59. The van der Waals surface area contributed by atoms with Gasteiger partial charge in [-0.2, -0.15) is 0 Å². The number of hydrogen-bond acceptors (Lipinski definition) is 4. The van der Waals surface area contributed by atoms with Crippen LogP contribution in [-0.4, -0.2) is 18.9 Å². The van der Waals surface area contributed by atoms with Crippen LogP contribution in [0.1, 0.15) is 24.2 Å². The van der Waals surface area contributed by atoms with Gasteiger partial charge in [0.1, 0.15) is 16.9 Å². The zero-order valence-electron chi connectivity index (χ0n) is 13.5. The van der Waals surface area contributed by atoms with Gasteiger partial charge in [0.15, 0.2) is 0 Å². The zero-order valence-corrected chi connectivity index (χ0v) is 13.5. The Balaban J connectivity index is 1.56. The highest BCUT2D eigenvalue weighted by atomic mass is 16.5. The Kier molecular flexibility index (Phi) is 4.55. The van der Waals surface area contributed by atoms with Crippen molar-refractivity contribution < 1.29 is 18.7 Å². The fourth-order valence-corrected chi connectivity index (χ4v) is 2.63. The van der Waals surface area contributed by atoms with Gasteiger partial charge in [-0.05, 0) is 31.0 Å². The lowest BCUT2D eigenvalue weighted by Crippen LogP contribution is -2.42. The van der Waals surface area contributed by atoms with Crippen LogP contribution in [0.25, 0.3) is 0 Å². The van der Waals surface area contributed by atoms with Gasteiger partial charge in [-0.15, -0.1) is 0 Å². The molecule has 126 valence electrons. The Labute approximate surface area is 140 Å². The summed E-state index contributed by atoms with van der Waals surface area (Å²) in [6.45, 7) is 0.615. The molecule has 0 radical (unpaired) electrons. The van der Waals surface area contributed by atoms with Crippen molar-refractivity contribution in [2.45, 2.75) is 25.9 Å². The fraction of sp³-hybridized carbons (Fsp3) is 0.333. The van der Waals surface area contributed by atoms with Crippen LogP contribution in [0.4, 0.5) is 0 Å². The molecular weight excluding hydrogens is 308 g/mol. The second kappa shape index (κ2) is 6.78. The number of benzene rings is 1. The van der Waals surface area contributed by atoms with E-state index in [0.29, 0.717) is 30.9 Å². The average molecular weight is 328 g/mol. The van der Waals surface area contributed by atoms with Gasteiger partial charge < -0.3 is 19.8 Å². The Morgan fingerprint density at radius 2 is 1.79 bits per heavy atom. The smallest absolute Gasteiger partial charge is 0.236 e. The van der Waals surface area contributed by atoms with Crippen LogP contribution < -0.4 is 15.4 Å². The molecule has 1 heterocycles. The first-order chi connectivity index (χ1) is 11.7. The predicted octanol–water partition coefficient (Wildman–Crippen LogP) is 2.00. The summed E-state index contributed by atoms with van der Waals surface area (Å²) in [6, 6.07) is 11.0. The van der Waals surface area contributed by atoms with Crippen molar-refractivity contribution in [3.8, 4) is 5.75 Å². The van der Waals surface area contributed by atoms with Crippen LogP contribution in [0, 0.1) is 5.41 Å². The van der Waals surface area contributed by atoms with Gasteiger partial charge in [0, 0.05) is 12.1 Å². The summed E-state index contributed by atoms with van der Waals surface area (Å²) >= 11 is 0. The lowest BCUT2D eigenvalue weighted by atomic mass is 10.0. The number of para-hydroxylation sites is 1. The third-order valence-electron chi connectivity index (χ3n) is 4.25. The summed E-state index contributed by atoms with van der Waals surface area (Å²) in [6.07, 6.45) is 2.68. The molecule has 0 bridgehead atoms. The van der Waals surface area contributed by atoms with Crippen molar-refractivity contribution in [2.24, 2.45) is 5.41 Å². The minimum atomic E-state index is -0.950. The molecule has 0 unspecified atom stereocenters. The van der Waals surface area contributed by atoms with Crippen LogP contribution in [0.15, 0.2) is 47.1 Å². The summed E-state index contributed by atoms with van der Waals surface area (Å²) < 4.78 is 10.4. The highest BCUT2D eigenvalue weighted by molar-refractivity contribution is 6.07. The van der Waals surface area contributed by atoms with Gasteiger partial charge in [0.25, 0.3) is 0 Å². The minimum Gasteiger partial charge on any atom is -0.496 e. The van der Waals surface area contributed by atoms with Crippen LogP contribution in [0.2, 0.25) is 0 Å². The number of amides is 2. The summed E-state index contributed by atoms with van der Waals surface area (Å²) in [5.41, 5.74) is -0.0747. The second-order valence-corrected chi connectivity index (χ2v) is 5.84. The molecule has 1 saturated carbocycles. The lowest BCUT2D eigenvalue weighted by Gasteiger charge is -2.16. The Bertz CT molecular complexity index is 720. The van der Waals surface area contributed by atoms with E-state index in [0.717, 1.165) is 5.56 Å². The molecule has 1 aromatic heterocycles. The quantitative estimate of drug-likeness (QED) is 0.762. The number of hydrogen-bond donors (Lipinski definition) is 2. The number of carbonyl (C=O) groups is 2. The van der Waals surface area contributed by atoms with Gasteiger partial charge >= 0.3 is 0 Å². The molecule has 1 aromatic carbocycles. The number of ether oxygens (including phenoxy) is 1. The Morgan fingerprint density at radius 1 is 1.08 bits per heavy atom. The number of carbonyl (C=O) groups excluding carboxylic acids is 2. The van der Waals surface area contributed by atoms with E-state index < -0.39 is 5.41 Å². The monoisotopic (exact) mass is 328 g/mol. The second-order valence-electron chi connectivity index (χ2n) is 5.84. The van der Waals surface area contributed by atoms with Crippen molar-refractivity contribution in [1.82, 2.24) is 10.6 Å². The summed E-state index contributed by atoms with van der Waals surface area (Å²) in [4.78, 5) is 24.8. The first-order valence-electron chi connectivity index (χ1n) is 7.86. The maximum absolute atomic E-state index is 12.5. The molecule has 0 aliphatic heterocycles. The maximum atomic E-state index is 12.5. The molecule has 2 aromatic rings. The first-order valence-corrected chi connectivity index (χ1v) is 7.86. The normalized spacial score (nSPS) is 14.7. The number of furan rings is 1. The van der Waals surface area contributed by atoms with Crippen molar-refractivity contribution in [3.05, 3.63) is 54.0 Å². The predicted molar refractivity (Wildman–Crippen MR) is 87.1 cm³/mol. The molecule has 2 N–H and O–H groups in total. The lowest BCUT2D eigenvalue weighted by molar-refractivity contribution is -0.137. The molecule has 6 heteroatoms. The molecule has 3 rings (SSSR count). The van der Waals surface area contributed by atoms with Crippen molar-refractivity contribution in [1.29, 1.82) is 0 Å². The maximum Gasteiger partial charge on any atom is 0.236 e. The molecule has 2 amide bonds. The molecule has 6 nitrogen and oxygen atoms in total. The first kappa shape index (κ1) is 16.1. The van der Waals surface area contributed by atoms with Gasteiger partial charge in [0.05, 0.1) is 19.9 Å². The van der Waals surface area contributed by atoms with Crippen LogP contribution >= 0.6 is 0 Å². The van der Waals surface area contributed by atoms with E-state index in [1.54, 1.807) is 25.5 Å². The standard InChI is InChI=1S/C18H20N2O4/c1-23-15-7-3-2-5-13(15)11-19-16(21)18(8-9-18)17(22)20-12-14-6-4-10-24-14/h2-7,10H,8-9,11-12H2,1H3,(H,19,21)(H,20,22).